The summed E-state index contributed by atoms with van der Waals surface area (Å²) in [5.41, 5.74) is 5.12. The van der Waals surface area contributed by atoms with E-state index in [2.05, 4.69) is 20.9 Å². The van der Waals surface area contributed by atoms with Crippen LogP contribution in [0.5, 0.6) is 0 Å². The molecule has 0 unspecified atom stereocenters. The zero-order valence-corrected chi connectivity index (χ0v) is 13.9. The first-order chi connectivity index (χ1) is 12.0. The van der Waals surface area contributed by atoms with Gasteiger partial charge in [-0.1, -0.05) is 0 Å². The summed E-state index contributed by atoms with van der Waals surface area (Å²) in [5, 5.41) is 10.8. The lowest BCUT2D eigenvalue weighted by atomic mass is 10.2. The van der Waals surface area contributed by atoms with Crippen LogP contribution in [0.2, 0.25) is 0 Å². The van der Waals surface area contributed by atoms with Crippen molar-refractivity contribution in [1.29, 1.82) is 0 Å². The third-order valence-corrected chi connectivity index (χ3v) is 3.90. The van der Waals surface area contributed by atoms with Crippen LogP contribution in [-0.2, 0) is 9.59 Å². The maximum Gasteiger partial charge on any atom is 0.329 e. The number of carbonyl (C=O) groups is 2. The van der Waals surface area contributed by atoms with Crippen LogP contribution in [0.4, 0.5) is 4.39 Å². The summed E-state index contributed by atoms with van der Waals surface area (Å²) in [6.45, 7) is 3.64. The quantitative estimate of drug-likeness (QED) is 0.499. The fourth-order valence-corrected chi connectivity index (χ4v) is 2.36. The van der Waals surface area contributed by atoms with Gasteiger partial charge in [0.2, 0.25) is 0 Å². The number of hydrogen-bond donors (Lipinski definition) is 2. The molecule has 0 aliphatic heterocycles. The standard InChI is InChI=1S/C17H18FN5O2/c1-10-15(9-19-21-17(25)16(24)20-13-5-6-13)11(2)23(22-10)14-7-3-12(18)4-8-14/h3-4,7-9,13H,5-6H2,1-2H3,(H,20,24)(H,21,25)/b19-9-. The van der Waals surface area contributed by atoms with Crippen LogP contribution in [0.1, 0.15) is 29.8 Å². The van der Waals surface area contributed by atoms with E-state index >= 15 is 0 Å². The van der Waals surface area contributed by atoms with Crippen LogP contribution in [0, 0.1) is 19.7 Å². The third-order valence-electron chi connectivity index (χ3n) is 3.90. The predicted octanol–water partition coefficient (Wildman–Crippen LogP) is 1.36. The van der Waals surface area contributed by atoms with Crippen molar-refractivity contribution in [3.63, 3.8) is 0 Å². The van der Waals surface area contributed by atoms with Gasteiger partial charge in [-0.25, -0.2) is 14.5 Å². The molecule has 0 atom stereocenters. The molecule has 2 N–H and O–H groups in total. The van der Waals surface area contributed by atoms with Gasteiger partial charge in [0.15, 0.2) is 0 Å². The average Bonchev–Trinajstić information content (AvgIpc) is 3.35. The zero-order valence-electron chi connectivity index (χ0n) is 13.9. The van der Waals surface area contributed by atoms with Crippen molar-refractivity contribution in [2.24, 2.45) is 5.10 Å². The second-order valence-electron chi connectivity index (χ2n) is 5.92. The summed E-state index contributed by atoms with van der Waals surface area (Å²) >= 11 is 0. The van der Waals surface area contributed by atoms with Crippen molar-refractivity contribution in [2.45, 2.75) is 32.7 Å². The first kappa shape index (κ1) is 16.8. The lowest BCUT2D eigenvalue weighted by Crippen LogP contribution is -2.38. The van der Waals surface area contributed by atoms with Gasteiger partial charge in [-0.05, 0) is 51.0 Å². The van der Waals surface area contributed by atoms with Crippen LogP contribution in [-0.4, -0.2) is 33.9 Å². The van der Waals surface area contributed by atoms with Crippen LogP contribution < -0.4 is 10.7 Å². The van der Waals surface area contributed by atoms with Crippen molar-refractivity contribution in [3.05, 3.63) is 47.0 Å². The van der Waals surface area contributed by atoms with Crippen molar-refractivity contribution in [3.8, 4) is 5.69 Å². The van der Waals surface area contributed by atoms with Crippen molar-refractivity contribution >= 4 is 18.0 Å². The second-order valence-corrected chi connectivity index (χ2v) is 5.92. The van der Waals surface area contributed by atoms with E-state index < -0.39 is 11.8 Å². The number of nitrogens with zero attached hydrogens (tertiary/aromatic N) is 3. The van der Waals surface area contributed by atoms with Crippen LogP contribution in [0.3, 0.4) is 0 Å². The molecule has 0 spiro atoms. The Bertz CT molecular complexity index is 837. The van der Waals surface area contributed by atoms with Crippen LogP contribution >= 0.6 is 0 Å². The molecule has 7 nitrogen and oxygen atoms in total. The van der Waals surface area contributed by atoms with Gasteiger partial charge < -0.3 is 5.32 Å². The molecule has 1 aliphatic rings. The smallest absolute Gasteiger partial charge is 0.329 e. The minimum Gasteiger partial charge on any atom is -0.345 e. The Kier molecular flexibility index (Phi) is 4.60. The average molecular weight is 343 g/mol. The molecule has 0 bridgehead atoms. The molecule has 1 aromatic heterocycles. The highest BCUT2D eigenvalue weighted by atomic mass is 19.1. The topological polar surface area (TPSA) is 88.4 Å². The van der Waals surface area contributed by atoms with Crippen molar-refractivity contribution < 1.29 is 14.0 Å². The lowest BCUT2D eigenvalue weighted by Gasteiger charge is -2.04. The molecular formula is C17H18FN5O2. The lowest BCUT2D eigenvalue weighted by molar-refractivity contribution is -0.139. The van der Waals surface area contributed by atoms with Gasteiger partial charge >= 0.3 is 11.8 Å². The van der Waals surface area contributed by atoms with Crippen molar-refractivity contribution in [2.75, 3.05) is 0 Å². The minimum absolute atomic E-state index is 0.112. The van der Waals surface area contributed by atoms with Crippen LogP contribution in [0.15, 0.2) is 29.4 Å². The second kappa shape index (κ2) is 6.84. The third kappa shape index (κ3) is 3.90. The molecular weight excluding hydrogens is 325 g/mol. The number of rotatable bonds is 4. The minimum atomic E-state index is -0.801. The van der Waals surface area contributed by atoms with E-state index in [4.69, 9.17) is 0 Å². The predicted molar refractivity (Wildman–Crippen MR) is 89.9 cm³/mol. The van der Waals surface area contributed by atoms with Gasteiger partial charge in [-0.15, -0.1) is 0 Å². The first-order valence-electron chi connectivity index (χ1n) is 7.92. The molecule has 1 aliphatic carbocycles. The molecule has 2 amide bonds. The number of carbonyl (C=O) groups excluding carboxylic acids is 2. The summed E-state index contributed by atoms with van der Waals surface area (Å²) < 4.78 is 14.7. The van der Waals surface area contributed by atoms with Crippen molar-refractivity contribution in [1.82, 2.24) is 20.5 Å². The summed E-state index contributed by atoms with van der Waals surface area (Å²) in [6, 6.07) is 6.08. The number of halogens is 1. The zero-order chi connectivity index (χ0) is 18.0. The van der Waals surface area contributed by atoms with E-state index in [1.165, 1.54) is 18.3 Å². The molecule has 130 valence electrons. The normalized spacial score (nSPS) is 13.9. The molecule has 0 saturated heterocycles. The fourth-order valence-electron chi connectivity index (χ4n) is 2.36. The molecule has 2 aromatic rings. The number of aromatic nitrogens is 2. The summed E-state index contributed by atoms with van der Waals surface area (Å²) in [7, 11) is 0. The Balaban J connectivity index is 1.70. The molecule has 1 fully saturated rings. The molecule has 1 saturated carbocycles. The monoisotopic (exact) mass is 343 g/mol. The molecule has 3 rings (SSSR count). The van der Waals surface area contributed by atoms with E-state index in [9.17, 15) is 14.0 Å². The maximum atomic E-state index is 13.1. The van der Waals surface area contributed by atoms with E-state index in [-0.39, 0.29) is 11.9 Å². The largest absolute Gasteiger partial charge is 0.345 e. The number of amides is 2. The summed E-state index contributed by atoms with van der Waals surface area (Å²) in [4.78, 5) is 23.2. The molecule has 1 heterocycles. The van der Waals surface area contributed by atoms with Gasteiger partial charge in [-0.2, -0.15) is 10.2 Å². The SMILES string of the molecule is Cc1nn(-c2ccc(F)cc2)c(C)c1/C=N\NC(=O)C(=O)NC1CC1. The van der Waals surface area contributed by atoms with Gasteiger partial charge in [0.25, 0.3) is 0 Å². The molecule has 0 radical (unpaired) electrons. The Morgan fingerprint density at radius 2 is 1.92 bits per heavy atom. The Labute approximate surface area is 143 Å². The molecule has 25 heavy (non-hydrogen) atoms. The Morgan fingerprint density at radius 3 is 2.56 bits per heavy atom. The number of benzene rings is 1. The van der Waals surface area contributed by atoms with E-state index in [0.717, 1.165) is 24.2 Å². The van der Waals surface area contributed by atoms with Gasteiger partial charge in [-0.3, -0.25) is 9.59 Å². The Morgan fingerprint density at radius 1 is 1.24 bits per heavy atom. The number of nitrogens with one attached hydrogen (secondary N) is 2. The van der Waals surface area contributed by atoms with Gasteiger partial charge in [0.1, 0.15) is 5.82 Å². The number of hydrogen-bond acceptors (Lipinski definition) is 4. The highest BCUT2D eigenvalue weighted by Crippen LogP contribution is 2.18. The maximum absolute atomic E-state index is 13.1. The van der Waals surface area contributed by atoms with Gasteiger partial charge in [0, 0.05) is 11.6 Å². The van der Waals surface area contributed by atoms with Crippen LogP contribution in [0.25, 0.3) is 5.69 Å². The van der Waals surface area contributed by atoms with E-state index in [1.54, 1.807) is 23.7 Å². The van der Waals surface area contributed by atoms with Gasteiger partial charge in [0.05, 0.1) is 23.3 Å². The molecule has 1 aromatic carbocycles. The van der Waals surface area contributed by atoms with E-state index in [0.29, 0.717) is 11.3 Å². The summed E-state index contributed by atoms with van der Waals surface area (Å²) in [5.74, 6) is -1.81. The highest BCUT2D eigenvalue weighted by molar-refractivity contribution is 6.35. The highest BCUT2D eigenvalue weighted by Gasteiger charge is 2.26. The number of hydrazone groups is 1. The molecule has 8 heteroatoms. The number of aryl methyl sites for hydroxylation is 1. The first-order valence-corrected chi connectivity index (χ1v) is 7.92. The Hall–Kier alpha value is -3.03. The fraction of sp³-hybridized carbons (Fsp3) is 0.294. The summed E-state index contributed by atoms with van der Waals surface area (Å²) in [6.07, 6.45) is 3.26. The van der Waals surface area contributed by atoms with E-state index in [1.807, 2.05) is 6.92 Å².